The summed E-state index contributed by atoms with van der Waals surface area (Å²) in [5.74, 6) is 0.452. The van der Waals surface area contributed by atoms with Gasteiger partial charge in [-0.2, -0.15) is 0 Å². The van der Waals surface area contributed by atoms with Crippen molar-refractivity contribution in [3.63, 3.8) is 0 Å². The minimum Gasteiger partial charge on any atom is -0.351 e. The molecule has 0 atom stereocenters. The van der Waals surface area contributed by atoms with E-state index < -0.39 is 0 Å². The number of nitrogens with zero attached hydrogens (tertiary/aromatic N) is 2. The zero-order valence-corrected chi connectivity index (χ0v) is 14.0. The van der Waals surface area contributed by atoms with E-state index in [-0.39, 0.29) is 5.91 Å². The van der Waals surface area contributed by atoms with E-state index in [0.29, 0.717) is 18.1 Å². The van der Waals surface area contributed by atoms with E-state index in [1.165, 1.54) is 17.5 Å². The second-order valence-electron chi connectivity index (χ2n) is 5.68. The van der Waals surface area contributed by atoms with E-state index in [1.54, 1.807) is 6.07 Å². The topological polar surface area (TPSA) is 66.9 Å². The van der Waals surface area contributed by atoms with Crippen LogP contribution in [0.5, 0.6) is 0 Å². The highest BCUT2D eigenvalue weighted by Gasteiger charge is 2.08. The normalized spacial score (nSPS) is 10.4. The summed E-state index contributed by atoms with van der Waals surface area (Å²) in [4.78, 5) is 20.3. The molecule has 2 aromatic rings. The highest BCUT2D eigenvalue weighted by Crippen LogP contribution is 2.18. The lowest BCUT2D eigenvalue weighted by Gasteiger charge is -2.09. The Kier molecular flexibility index (Phi) is 6.09. The predicted molar refractivity (Wildman–Crippen MR) is 93.1 cm³/mol. The molecule has 5 heteroatoms. The van der Waals surface area contributed by atoms with Gasteiger partial charge >= 0.3 is 0 Å². The number of carbonyl (C=O) groups is 1. The Labute approximate surface area is 137 Å². The summed E-state index contributed by atoms with van der Waals surface area (Å²) < 4.78 is 0. The van der Waals surface area contributed by atoms with Gasteiger partial charge in [-0.3, -0.25) is 4.79 Å². The van der Waals surface area contributed by atoms with Crippen LogP contribution in [0.1, 0.15) is 47.8 Å². The van der Waals surface area contributed by atoms with Crippen molar-refractivity contribution in [1.82, 2.24) is 15.3 Å². The fourth-order valence-electron chi connectivity index (χ4n) is 2.18. The number of aromatic nitrogens is 2. The smallest absolute Gasteiger partial charge is 0.270 e. The summed E-state index contributed by atoms with van der Waals surface area (Å²) in [7, 11) is 0. The molecule has 1 heterocycles. The third-order valence-corrected chi connectivity index (χ3v) is 3.74. The zero-order valence-electron chi connectivity index (χ0n) is 14.0. The van der Waals surface area contributed by atoms with Crippen LogP contribution in [0.25, 0.3) is 0 Å². The number of benzene rings is 1. The van der Waals surface area contributed by atoms with Gasteiger partial charge in [-0.15, -0.1) is 0 Å². The number of carbonyl (C=O) groups excluding carboxylic acids is 1. The third-order valence-electron chi connectivity index (χ3n) is 3.74. The number of aryl methyl sites for hydroxylation is 2. The van der Waals surface area contributed by atoms with Crippen LogP contribution in [0.2, 0.25) is 0 Å². The van der Waals surface area contributed by atoms with Gasteiger partial charge in [-0.25, -0.2) is 9.97 Å². The van der Waals surface area contributed by atoms with Gasteiger partial charge in [-0.05, 0) is 43.5 Å². The van der Waals surface area contributed by atoms with Gasteiger partial charge in [0.05, 0.1) is 0 Å². The molecule has 1 amide bonds. The maximum Gasteiger partial charge on any atom is 0.270 e. The van der Waals surface area contributed by atoms with Crippen molar-refractivity contribution in [2.24, 2.45) is 0 Å². The van der Waals surface area contributed by atoms with Crippen molar-refractivity contribution in [2.45, 2.75) is 40.0 Å². The zero-order chi connectivity index (χ0) is 16.7. The van der Waals surface area contributed by atoms with Crippen LogP contribution in [-0.4, -0.2) is 22.4 Å². The van der Waals surface area contributed by atoms with Crippen LogP contribution in [0.3, 0.4) is 0 Å². The Morgan fingerprint density at radius 2 is 1.91 bits per heavy atom. The van der Waals surface area contributed by atoms with E-state index in [4.69, 9.17) is 0 Å². The van der Waals surface area contributed by atoms with Crippen molar-refractivity contribution in [3.05, 3.63) is 47.4 Å². The summed E-state index contributed by atoms with van der Waals surface area (Å²) in [5.41, 5.74) is 3.77. The van der Waals surface area contributed by atoms with Crippen LogP contribution < -0.4 is 10.6 Å². The second kappa shape index (κ2) is 8.27. The Hall–Kier alpha value is -2.43. The van der Waals surface area contributed by atoms with Crippen LogP contribution in [0.4, 0.5) is 11.5 Å². The minimum absolute atomic E-state index is 0.161. The van der Waals surface area contributed by atoms with Crippen LogP contribution in [0.15, 0.2) is 30.6 Å². The molecule has 0 unspecified atom stereocenters. The molecule has 0 aliphatic heterocycles. The first-order valence-electron chi connectivity index (χ1n) is 8.04. The van der Waals surface area contributed by atoms with Crippen LogP contribution in [-0.2, 0) is 0 Å². The summed E-state index contributed by atoms with van der Waals surface area (Å²) in [6, 6.07) is 7.78. The number of amides is 1. The first-order chi connectivity index (χ1) is 11.1. The van der Waals surface area contributed by atoms with Crippen molar-refractivity contribution < 1.29 is 4.79 Å². The van der Waals surface area contributed by atoms with E-state index in [0.717, 1.165) is 24.9 Å². The fourth-order valence-corrected chi connectivity index (χ4v) is 2.18. The molecule has 5 nitrogen and oxygen atoms in total. The van der Waals surface area contributed by atoms with Crippen molar-refractivity contribution in [1.29, 1.82) is 0 Å². The van der Waals surface area contributed by atoms with Crippen molar-refractivity contribution in [2.75, 3.05) is 11.9 Å². The van der Waals surface area contributed by atoms with Gasteiger partial charge in [0.25, 0.3) is 5.91 Å². The monoisotopic (exact) mass is 312 g/mol. The van der Waals surface area contributed by atoms with Gasteiger partial charge in [0.1, 0.15) is 17.8 Å². The quantitative estimate of drug-likeness (QED) is 0.764. The number of nitrogens with one attached hydrogen (secondary N) is 2. The SMILES string of the molecule is CCCCCNC(=O)c1cc(Nc2ccc(C)c(C)c2)ncn1. The Bertz CT molecular complexity index is 670. The number of unbranched alkanes of at least 4 members (excludes halogenated alkanes) is 2. The molecule has 0 saturated heterocycles. The molecule has 0 saturated carbocycles. The molecule has 0 aliphatic rings. The van der Waals surface area contributed by atoms with Gasteiger partial charge in [0, 0.05) is 18.3 Å². The van der Waals surface area contributed by atoms with E-state index in [1.807, 2.05) is 6.07 Å². The molecule has 1 aromatic heterocycles. The first-order valence-corrected chi connectivity index (χ1v) is 8.04. The third kappa shape index (κ3) is 5.06. The molecular weight excluding hydrogens is 288 g/mol. The lowest BCUT2D eigenvalue weighted by molar-refractivity contribution is 0.0948. The molecule has 0 aliphatic carbocycles. The molecule has 122 valence electrons. The number of rotatable bonds is 7. The average Bonchev–Trinajstić information content (AvgIpc) is 2.55. The van der Waals surface area contributed by atoms with Crippen molar-refractivity contribution >= 4 is 17.4 Å². The minimum atomic E-state index is -0.161. The lowest BCUT2D eigenvalue weighted by atomic mass is 10.1. The van der Waals surface area contributed by atoms with Crippen LogP contribution in [0, 0.1) is 13.8 Å². The number of anilines is 2. The highest BCUT2D eigenvalue weighted by molar-refractivity contribution is 5.92. The summed E-state index contributed by atoms with van der Waals surface area (Å²) in [6.07, 6.45) is 4.64. The Balaban J connectivity index is 2.01. The average molecular weight is 312 g/mol. The molecule has 1 aromatic carbocycles. The predicted octanol–water partition coefficient (Wildman–Crippen LogP) is 3.76. The van der Waals surface area contributed by atoms with Crippen molar-refractivity contribution in [3.8, 4) is 0 Å². The van der Waals surface area contributed by atoms with E-state index >= 15 is 0 Å². The molecule has 0 bridgehead atoms. The second-order valence-corrected chi connectivity index (χ2v) is 5.68. The summed E-state index contributed by atoms with van der Waals surface area (Å²) in [6.45, 7) is 6.95. The van der Waals surface area contributed by atoms with Gasteiger partial charge in [-0.1, -0.05) is 25.8 Å². The van der Waals surface area contributed by atoms with E-state index in [9.17, 15) is 4.79 Å². The van der Waals surface area contributed by atoms with Gasteiger partial charge < -0.3 is 10.6 Å². The maximum absolute atomic E-state index is 12.1. The fraction of sp³-hybridized carbons (Fsp3) is 0.389. The molecule has 0 fully saturated rings. The molecule has 0 spiro atoms. The first kappa shape index (κ1) is 16.9. The molecular formula is C18H24N4O. The Morgan fingerprint density at radius 1 is 1.09 bits per heavy atom. The maximum atomic E-state index is 12.1. The summed E-state index contributed by atoms with van der Waals surface area (Å²) in [5, 5.41) is 6.10. The Morgan fingerprint density at radius 3 is 2.65 bits per heavy atom. The van der Waals surface area contributed by atoms with E-state index in [2.05, 4.69) is 53.5 Å². The largest absolute Gasteiger partial charge is 0.351 e. The lowest BCUT2D eigenvalue weighted by Crippen LogP contribution is -2.25. The number of hydrogen-bond donors (Lipinski definition) is 2. The summed E-state index contributed by atoms with van der Waals surface area (Å²) >= 11 is 0. The molecule has 0 radical (unpaired) electrons. The molecule has 2 N–H and O–H groups in total. The molecule has 2 rings (SSSR count). The van der Waals surface area contributed by atoms with Crippen LogP contribution >= 0.6 is 0 Å². The van der Waals surface area contributed by atoms with Gasteiger partial charge in [0.2, 0.25) is 0 Å². The van der Waals surface area contributed by atoms with Gasteiger partial charge in [0.15, 0.2) is 0 Å². The standard InChI is InChI=1S/C18H24N4O/c1-4-5-6-9-19-18(23)16-11-17(21-12-20-16)22-15-8-7-13(2)14(3)10-15/h7-8,10-12H,4-6,9H2,1-3H3,(H,19,23)(H,20,21,22). The highest BCUT2D eigenvalue weighted by atomic mass is 16.1. The molecule has 23 heavy (non-hydrogen) atoms. The number of hydrogen-bond acceptors (Lipinski definition) is 4.